The first-order valence-electron chi connectivity index (χ1n) is 10.9. The van der Waals surface area contributed by atoms with Crippen LogP contribution < -0.4 is 15.0 Å². The molecule has 1 N–H and O–H groups in total. The summed E-state index contributed by atoms with van der Waals surface area (Å²) >= 11 is 0. The van der Waals surface area contributed by atoms with Gasteiger partial charge in [-0.05, 0) is 43.7 Å². The fourth-order valence-electron chi connectivity index (χ4n) is 4.90. The Kier molecular flexibility index (Phi) is 5.63. The van der Waals surface area contributed by atoms with E-state index in [9.17, 15) is 26.3 Å². The van der Waals surface area contributed by atoms with Gasteiger partial charge in [-0.2, -0.15) is 31.3 Å². The van der Waals surface area contributed by atoms with Gasteiger partial charge in [0.05, 0.1) is 0 Å². The number of halogens is 6. The lowest BCUT2D eigenvalue weighted by Crippen LogP contribution is -2.48. The zero-order chi connectivity index (χ0) is 25.0. The van der Waals surface area contributed by atoms with Crippen molar-refractivity contribution >= 4 is 17.4 Å². The van der Waals surface area contributed by atoms with Gasteiger partial charge in [0.1, 0.15) is 17.8 Å². The molecule has 2 bridgehead atoms. The molecule has 3 aromatic heterocycles. The topological polar surface area (TPSA) is 80.5 Å². The van der Waals surface area contributed by atoms with Gasteiger partial charge in [-0.15, -0.1) is 5.10 Å². The van der Waals surface area contributed by atoms with Gasteiger partial charge in [0.2, 0.25) is 5.95 Å². The average molecular weight is 501 g/mol. The van der Waals surface area contributed by atoms with Crippen molar-refractivity contribution in [3.05, 3.63) is 35.9 Å². The Hall–Kier alpha value is -3.32. The molecule has 0 amide bonds. The third kappa shape index (κ3) is 4.78. The Labute approximate surface area is 195 Å². The molecule has 1 saturated carbocycles. The fraction of sp³-hybridized carbons (Fsp3) is 0.524. The summed E-state index contributed by atoms with van der Waals surface area (Å²) in [4.78, 5) is 14.7. The van der Waals surface area contributed by atoms with Crippen LogP contribution >= 0.6 is 0 Å². The highest BCUT2D eigenvalue weighted by Crippen LogP contribution is 2.40. The number of piperidine rings is 1. The smallest absolute Gasteiger partial charge is 0.433 e. The van der Waals surface area contributed by atoms with Crippen LogP contribution in [0.1, 0.15) is 24.2 Å². The molecule has 5 rings (SSSR count). The van der Waals surface area contributed by atoms with E-state index in [1.165, 1.54) is 6.33 Å². The maximum atomic E-state index is 13.5. The first-order chi connectivity index (χ1) is 16.5. The number of ether oxygens (including phenoxy) is 1. The molecule has 8 nitrogen and oxygen atoms in total. The van der Waals surface area contributed by atoms with Crippen LogP contribution in [0.4, 0.5) is 38.1 Å². The Morgan fingerprint density at radius 3 is 2.40 bits per heavy atom. The summed E-state index contributed by atoms with van der Waals surface area (Å²) in [5.74, 6) is 0.622. The number of aryl methyl sites for hydroxylation is 1. The summed E-state index contributed by atoms with van der Waals surface area (Å²) in [6, 6.07) is 3.26. The van der Waals surface area contributed by atoms with Gasteiger partial charge in [-0.25, -0.2) is 14.5 Å². The van der Waals surface area contributed by atoms with E-state index >= 15 is 0 Å². The molecule has 0 spiro atoms. The zero-order valence-electron chi connectivity index (χ0n) is 18.4. The molecule has 3 aromatic rings. The number of nitrogens with zero attached hydrogens (tertiary/aromatic N) is 6. The summed E-state index contributed by atoms with van der Waals surface area (Å²) in [7, 11) is 0. The maximum Gasteiger partial charge on any atom is 0.433 e. The lowest BCUT2D eigenvalue weighted by atomic mass is 9.92. The normalized spacial score (nSPS) is 22.6. The minimum Gasteiger partial charge on any atom is -0.480 e. The van der Waals surface area contributed by atoms with E-state index in [4.69, 9.17) is 4.74 Å². The van der Waals surface area contributed by atoms with Gasteiger partial charge in [-0.1, -0.05) is 0 Å². The van der Waals surface area contributed by atoms with Crippen LogP contribution in [-0.2, 0) is 6.18 Å². The lowest BCUT2D eigenvalue weighted by Gasteiger charge is -2.38. The standard InChI is InChI=1S/C21H21F6N7O/c1-11-6-16(29-10-28-11)33-7-12-2-3-13(8-33)17(12)30-19-31-18-14(35-9-20(22,23)24)4-5-15(21(25,26)27)34(18)32-19/h4-6,10,12-13,17H,2-3,7-9H2,1H3,(H,30,32)/t12-,13+,17-. The SMILES string of the molecule is Cc1cc(N2C[C@H]3CC[C@@H](C2)[C@@H]3Nc2nc3c(OCC(F)(F)F)ccc(C(F)(F)F)n3n2)ncn1. The second kappa shape index (κ2) is 8.41. The minimum absolute atomic E-state index is 0.0909. The highest BCUT2D eigenvalue weighted by molar-refractivity contribution is 5.57. The van der Waals surface area contributed by atoms with Crippen molar-refractivity contribution < 1.29 is 31.1 Å². The van der Waals surface area contributed by atoms with Crippen LogP contribution in [0.2, 0.25) is 0 Å². The van der Waals surface area contributed by atoms with Gasteiger partial charge in [0, 0.05) is 30.9 Å². The third-order valence-electron chi connectivity index (χ3n) is 6.37. The quantitative estimate of drug-likeness (QED) is 0.527. The zero-order valence-corrected chi connectivity index (χ0v) is 18.4. The Morgan fingerprint density at radius 2 is 1.77 bits per heavy atom. The first-order valence-corrected chi connectivity index (χ1v) is 10.9. The van der Waals surface area contributed by atoms with Crippen LogP contribution in [0.5, 0.6) is 5.75 Å². The molecule has 2 fully saturated rings. The summed E-state index contributed by atoms with van der Waals surface area (Å²) < 4.78 is 83.6. The van der Waals surface area contributed by atoms with Crippen molar-refractivity contribution in [3.63, 3.8) is 0 Å². The molecule has 14 heteroatoms. The van der Waals surface area contributed by atoms with E-state index in [0.717, 1.165) is 30.4 Å². The summed E-state index contributed by atoms with van der Waals surface area (Å²) in [5, 5.41) is 7.09. The largest absolute Gasteiger partial charge is 0.480 e. The second-order valence-corrected chi connectivity index (χ2v) is 8.85. The van der Waals surface area contributed by atoms with Crippen LogP contribution in [0, 0.1) is 18.8 Å². The monoisotopic (exact) mass is 501 g/mol. The van der Waals surface area contributed by atoms with Gasteiger partial charge >= 0.3 is 12.4 Å². The molecule has 2 aliphatic rings. The van der Waals surface area contributed by atoms with Crippen molar-refractivity contribution in [2.24, 2.45) is 11.8 Å². The van der Waals surface area contributed by atoms with Crippen LogP contribution in [0.3, 0.4) is 0 Å². The number of fused-ring (bicyclic) bond motifs is 3. The van der Waals surface area contributed by atoms with E-state index in [0.29, 0.717) is 23.7 Å². The van der Waals surface area contributed by atoms with Crippen LogP contribution in [0.25, 0.3) is 5.65 Å². The first kappa shape index (κ1) is 23.4. The van der Waals surface area contributed by atoms with Crippen molar-refractivity contribution in [3.8, 4) is 5.75 Å². The predicted octanol–water partition coefficient (Wildman–Crippen LogP) is 4.11. The fourth-order valence-corrected chi connectivity index (χ4v) is 4.90. The van der Waals surface area contributed by atoms with E-state index in [2.05, 4.69) is 30.3 Å². The molecule has 0 radical (unpaired) electrons. The Balaban J connectivity index is 1.40. The van der Waals surface area contributed by atoms with E-state index in [-0.39, 0.29) is 23.8 Å². The van der Waals surface area contributed by atoms with Crippen LogP contribution in [0.15, 0.2) is 24.5 Å². The highest BCUT2D eigenvalue weighted by atomic mass is 19.4. The van der Waals surface area contributed by atoms with Crippen LogP contribution in [-0.4, -0.2) is 56.5 Å². The predicted molar refractivity (Wildman–Crippen MR) is 112 cm³/mol. The summed E-state index contributed by atoms with van der Waals surface area (Å²) in [6.45, 7) is 1.59. The number of anilines is 2. The Morgan fingerprint density at radius 1 is 1.06 bits per heavy atom. The number of pyridine rings is 1. The Bertz CT molecular complexity index is 1210. The molecule has 0 unspecified atom stereocenters. The molecule has 3 atom stereocenters. The molecule has 1 aliphatic carbocycles. The minimum atomic E-state index is -4.79. The van der Waals surface area contributed by atoms with E-state index in [1.54, 1.807) is 0 Å². The van der Waals surface area contributed by atoms with E-state index in [1.807, 2.05) is 13.0 Å². The number of hydrogen-bond acceptors (Lipinski definition) is 7. The average Bonchev–Trinajstić information content (AvgIpc) is 3.27. The lowest BCUT2D eigenvalue weighted by molar-refractivity contribution is -0.153. The van der Waals surface area contributed by atoms with Crippen molar-refractivity contribution in [2.45, 2.75) is 38.2 Å². The van der Waals surface area contributed by atoms with Gasteiger partial charge in [0.15, 0.2) is 18.0 Å². The second-order valence-electron chi connectivity index (χ2n) is 8.85. The maximum absolute atomic E-state index is 13.5. The van der Waals surface area contributed by atoms with Gasteiger partial charge in [0.25, 0.3) is 0 Å². The van der Waals surface area contributed by atoms with Crippen molar-refractivity contribution in [1.82, 2.24) is 24.6 Å². The number of nitrogens with one attached hydrogen (secondary N) is 1. The summed E-state index contributed by atoms with van der Waals surface area (Å²) in [6.07, 6.45) is -6.12. The molecule has 4 heterocycles. The number of hydrogen-bond donors (Lipinski definition) is 1. The number of rotatable bonds is 5. The molecule has 0 aromatic carbocycles. The molecular formula is C21H21F6N7O. The number of aromatic nitrogens is 5. The molecule has 1 aliphatic heterocycles. The molecule has 35 heavy (non-hydrogen) atoms. The molecular weight excluding hydrogens is 480 g/mol. The summed E-state index contributed by atoms with van der Waals surface area (Å²) in [5.41, 5.74) is -0.752. The molecule has 1 saturated heterocycles. The third-order valence-corrected chi connectivity index (χ3v) is 6.37. The van der Waals surface area contributed by atoms with Gasteiger partial charge < -0.3 is 15.0 Å². The van der Waals surface area contributed by atoms with Gasteiger partial charge in [-0.3, -0.25) is 0 Å². The highest BCUT2D eigenvalue weighted by Gasteiger charge is 2.43. The van der Waals surface area contributed by atoms with E-state index < -0.39 is 36.1 Å². The van der Waals surface area contributed by atoms with Crippen molar-refractivity contribution in [1.29, 1.82) is 0 Å². The number of alkyl halides is 6. The van der Waals surface area contributed by atoms with Crippen molar-refractivity contribution in [2.75, 3.05) is 29.9 Å². The molecule has 188 valence electrons.